The number of thioether (sulfide) groups is 1. The zero-order valence-corrected chi connectivity index (χ0v) is 22.3. The highest BCUT2D eigenvalue weighted by Gasteiger charge is 2.37. The molecule has 12 nitrogen and oxygen atoms in total. The molecule has 0 spiro atoms. The third-order valence-electron chi connectivity index (χ3n) is 5.42. The summed E-state index contributed by atoms with van der Waals surface area (Å²) in [5.41, 5.74) is -0.602. The Morgan fingerprint density at radius 2 is 1.74 bits per heavy atom. The number of hydrogen-bond donors (Lipinski definition) is 0. The Balaban J connectivity index is 1.66. The van der Waals surface area contributed by atoms with Crippen LogP contribution in [0.4, 0.5) is 16.2 Å². The Bertz CT molecular complexity index is 1560. The smallest absolute Gasteiger partial charge is 0.318 e. The average Bonchev–Trinajstić information content (AvgIpc) is 3.17. The number of ketones is 1. The number of halogens is 1. The number of amides is 2. The number of carbonyl (C=O) groups excluding carboxylic acids is 3. The fourth-order valence-electron chi connectivity index (χ4n) is 3.52. The predicted octanol–water partition coefficient (Wildman–Crippen LogP) is 5.99. The van der Waals surface area contributed by atoms with Crippen molar-refractivity contribution in [2.75, 3.05) is 13.7 Å². The molecule has 0 radical (unpaired) electrons. The van der Waals surface area contributed by atoms with Gasteiger partial charge in [-0.1, -0.05) is 40.2 Å². The molecule has 0 aromatic heterocycles. The lowest BCUT2D eigenvalue weighted by molar-refractivity contribution is -0.394. The van der Waals surface area contributed by atoms with E-state index in [0.29, 0.717) is 17.3 Å². The van der Waals surface area contributed by atoms with Crippen molar-refractivity contribution in [2.24, 2.45) is 0 Å². The van der Waals surface area contributed by atoms with Crippen molar-refractivity contribution in [1.82, 2.24) is 4.90 Å². The maximum atomic E-state index is 13.0. The number of non-ortho nitro benzene ring substituents is 1. The molecule has 0 saturated carbocycles. The highest BCUT2D eigenvalue weighted by atomic mass is 79.9. The van der Waals surface area contributed by atoms with Crippen LogP contribution in [0.5, 0.6) is 17.2 Å². The molecule has 1 heterocycles. The lowest BCUT2D eigenvalue weighted by Crippen LogP contribution is -2.33. The first-order valence-corrected chi connectivity index (χ1v) is 12.5. The molecular weight excluding hydrogens is 598 g/mol. The molecule has 3 aromatic carbocycles. The highest BCUT2D eigenvalue weighted by Crippen LogP contribution is 2.42. The molecule has 1 aliphatic heterocycles. The topological polar surface area (TPSA) is 159 Å². The number of imide groups is 1. The molecule has 1 saturated heterocycles. The Morgan fingerprint density at radius 1 is 1.03 bits per heavy atom. The van der Waals surface area contributed by atoms with Crippen molar-refractivity contribution in [3.63, 3.8) is 0 Å². The van der Waals surface area contributed by atoms with Crippen molar-refractivity contribution in [3.8, 4) is 17.2 Å². The Hall–Kier alpha value is -4.56. The summed E-state index contributed by atoms with van der Waals surface area (Å²) in [6.07, 6.45) is 1.34. The number of nitro benzene ring substituents is 2. The molecule has 1 fully saturated rings. The van der Waals surface area contributed by atoms with Gasteiger partial charge in [-0.15, -0.1) is 0 Å². The number of rotatable bonds is 9. The molecule has 1 aliphatic rings. The molecule has 0 aliphatic carbocycles. The lowest BCUT2D eigenvalue weighted by atomic mass is 10.1. The van der Waals surface area contributed by atoms with E-state index >= 15 is 0 Å². The van der Waals surface area contributed by atoms with Crippen molar-refractivity contribution in [1.29, 1.82) is 0 Å². The molecule has 0 atom stereocenters. The molecule has 0 N–H and O–H groups in total. The van der Waals surface area contributed by atoms with Crippen LogP contribution in [0.3, 0.4) is 0 Å². The number of carbonyl (C=O) groups is 3. The summed E-state index contributed by atoms with van der Waals surface area (Å²) >= 11 is 3.89. The molecule has 3 aromatic rings. The van der Waals surface area contributed by atoms with Crippen LogP contribution in [0.15, 0.2) is 70.0 Å². The van der Waals surface area contributed by atoms with E-state index in [1.165, 1.54) is 25.3 Å². The molecule has 14 heteroatoms. The van der Waals surface area contributed by atoms with Crippen LogP contribution >= 0.6 is 27.7 Å². The third kappa shape index (κ3) is 5.97. The summed E-state index contributed by atoms with van der Waals surface area (Å²) in [6.45, 7) is -0.458. The minimum atomic E-state index is -0.828. The third-order valence-corrected chi connectivity index (χ3v) is 6.86. The quantitative estimate of drug-likeness (QED) is 0.121. The van der Waals surface area contributed by atoms with Crippen molar-refractivity contribution >= 4 is 62.1 Å². The van der Waals surface area contributed by atoms with Gasteiger partial charge in [-0.25, -0.2) is 0 Å². The maximum Gasteiger partial charge on any atom is 0.318 e. The number of methoxy groups -OCH3 is 1. The van der Waals surface area contributed by atoms with Gasteiger partial charge in [0.2, 0.25) is 5.75 Å². The van der Waals surface area contributed by atoms with Crippen molar-refractivity contribution in [3.05, 3.63) is 101 Å². The van der Waals surface area contributed by atoms with Gasteiger partial charge >= 0.3 is 5.69 Å². The SMILES string of the molecule is COc1cccc(/C=C2/SC(=O)N(CC(=O)c3ccc(Br)cc3)C2=O)c1Oc1ccc([N+](=O)[O-])cc1[N+](=O)[O-]. The van der Waals surface area contributed by atoms with Crippen LogP contribution in [0.2, 0.25) is 0 Å². The van der Waals surface area contributed by atoms with Gasteiger partial charge in [0.05, 0.1) is 34.5 Å². The zero-order chi connectivity index (χ0) is 28.3. The Labute approximate surface area is 232 Å². The summed E-state index contributed by atoms with van der Waals surface area (Å²) in [4.78, 5) is 60.1. The van der Waals surface area contributed by atoms with E-state index in [2.05, 4.69) is 15.9 Å². The van der Waals surface area contributed by atoms with Gasteiger partial charge < -0.3 is 9.47 Å². The van der Waals surface area contributed by atoms with Gasteiger partial charge in [0.25, 0.3) is 16.8 Å². The molecular formula is C25H16BrN3O9S. The van der Waals surface area contributed by atoms with Crippen LogP contribution < -0.4 is 9.47 Å². The zero-order valence-electron chi connectivity index (χ0n) is 19.9. The largest absolute Gasteiger partial charge is 0.493 e. The predicted molar refractivity (Wildman–Crippen MR) is 144 cm³/mol. The number of benzene rings is 3. The number of para-hydroxylation sites is 1. The first-order valence-electron chi connectivity index (χ1n) is 10.9. The second-order valence-corrected chi connectivity index (χ2v) is 9.75. The van der Waals surface area contributed by atoms with E-state index in [4.69, 9.17) is 9.47 Å². The number of nitro groups is 2. The molecule has 198 valence electrons. The van der Waals surface area contributed by atoms with E-state index in [-0.39, 0.29) is 27.7 Å². The highest BCUT2D eigenvalue weighted by molar-refractivity contribution is 9.10. The van der Waals surface area contributed by atoms with Gasteiger partial charge in [-0.2, -0.15) is 0 Å². The maximum absolute atomic E-state index is 13.0. The molecule has 0 bridgehead atoms. The first kappa shape index (κ1) is 27.5. The fourth-order valence-corrected chi connectivity index (χ4v) is 4.62. The summed E-state index contributed by atoms with van der Waals surface area (Å²) in [5.74, 6) is -1.33. The van der Waals surface area contributed by atoms with Gasteiger partial charge in [-0.05, 0) is 42.1 Å². The molecule has 0 unspecified atom stereocenters. The summed E-state index contributed by atoms with van der Waals surface area (Å²) < 4.78 is 11.9. The van der Waals surface area contributed by atoms with Gasteiger partial charge in [0, 0.05) is 21.7 Å². The van der Waals surface area contributed by atoms with Crippen LogP contribution in [0.25, 0.3) is 6.08 Å². The molecule has 2 amide bonds. The van der Waals surface area contributed by atoms with E-state index in [0.717, 1.165) is 27.6 Å². The second kappa shape index (κ2) is 11.4. The summed E-state index contributed by atoms with van der Waals surface area (Å²) in [6, 6.07) is 14.0. The van der Waals surface area contributed by atoms with Gasteiger partial charge in [-0.3, -0.25) is 39.5 Å². The minimum absolute atomic E-state index is 0.0140. The molecule has 39 heavy (non-hydrogen) atoms. The minimum Gasteiger partial charge on any atom is -0.493 e. The lowest BCUT2D eigenvalue weighted by Gasteiger charge is -2.14. The Kier molecular flexibility index (Phi) is 8.07. The Morgan fingerprint density at radius 3 is 2.38 bits per heavy atom. The van der Waals surface area contributed by atoms with Crippen LogP contribution in [-0.2, 0) is 4.79 Å². The molecule has 4 rings (SSSR count). The number of ether oxygens (including phenoxy) is 2. The van der Waals surface area contributed by atoms with E-state index in [9.17, 15) is 34.6 Å². The van der Waals surface area contributed by atoms with Crippen LogP contribution in [0.1, 0.15) is 15.9 Å². The first-order chi connectivity index (χ1) is 18.6. The number of nitrogens with zero attached hydrogens (tertiary/aromatic N) is 3. The summed E-state index contributed by atoms with van der Waals surface area (Å²) in [7, 11) is 1.33. The van der Waals surface area contributed by atoms with E-state index in [1.807, 2.05) is 0 Å². The number of hydrogen-bond acceptors (Lipinski definition) is 10. The monoisotopic (exact) mass is 613 g/mol. The number of Topliss-reactive ketones (excluding diaryl/α,β-unsaturated/α-hetero) is 1. The van der Waals surface area contributed by atoms with Crippen LogP contribution in [0, 0.1) is 20.2 Å². The van der Waals surface area contributed by atoms with Crippen LogP contribution in [-0.4, -0.2) is 45.3 Å². The van der Waals surface area contributed by atoms with E-state index in [1.54, 1.807) is 30.3 Å². The standard InChI is InChI=1S/C25H16BrN3O9S/c1-37-21-4-2-3-15(23(21)38-20-10-9-17(28(33)34)12-18(20)29(35)36)11-22-24(31)27(25(32)39-22)13-19(30)14-5-7-16(26)8-6-14/h2-12H,13H2,1H3/b22-11+. The van der Waals surface area contributed by atoms with Crippen molar-refractivity contribution < 1.29 is 33.7 Å². The second-order valence-electron chi connectivity index (χ2n) is 7.84. The average molecular weight is 614 g/mol. The van der Waals surface area contributed by atoms with E-state index < -0.39 is 44.7 Å². The normalized spacial score (nSPS) is 14.0. The van der Waals surface area contributed by atoms with Gasteiger partial charge in [0.1, 0.15) is 0 Å². The summed E-state index contributed by atoms with van der Waals surface area (Å²) in [5, 5.41) is 22.0. The fraction of sp³-hybridized carbons (Fsp3) is 0.0800. The van der Waals surface area contributed by atoms with Crippen molar-refractivity contribution in [2.45, 2.75) is 0 Å². The van der Waals surface area contributed by atoms with Gasteiger partial charge in [0.15, 0.2) is 17.3 Å².